The minimum atomic E-state index is -0.798. The summed E-state index contributed by atoms with van der Waals surface area (Å²) >= 11 is 0. The highest BCUT2D eigenvalue weighted by molar-refractivity contribution is 7.79. The lowest BCUT2D eigenvalue weighted by atomic mass is 10.1. The van der Waals surface area contributed by atoms with Crippen LogP contribution in [0.25, 0.3) is 22.2 Å². The summed E-state index contributed by atoms with van der Waals surface area (Å²) in [6, 6.07) is 33.2. The molecule has 4 heteroatoms. The Morgan fingerprint density at radius 3 is 1.86 bits per heavy atom. The molecule has 3 nitrogen and oxygen atoms in total. The van der Waals surface area contributed by atoms with Crippen LogP contribution in [0.5, 0.6) is 0 Å². The Kier molecular flexibility index (Phi) is 4.81. The second-order valence-electron chi connectivity index (χ2n) is 6.65. The second-order valence-corrected chi connectivity index (χ2v) is 8.75. The van der Waals surface area contributed by atoms with Gasteiger partial charge in [-0.1, -0.05) is 60.7 Å². The summed E-state index contributed by atoms with van der Waals surface area (Å²) in [5, 5.41) is 2.38. The van der Waals surface area contributed by atoms with Crippen molar-refractivity contribution >= 4 is 35.0 Å². The predicted molar refractivity (Wildman–Crippen MR) is 121 cm³/mol. The van der Waals surface area contributed by atoms with E-state index >= 15 is 0 Å². The molecule has 0 N–H and O–H groups in total. The highest BCUT2D eigenvalue weighted by atomic mass is 31.1. The fourth-order valence-corrected chi connectivity index (χ4v) is 5.41. The SMILES string of the molecule is c1ccc(P(c2ccc(-c3ccc4ccccc4n3)cc2)c2ccccn2)nc1. The third-order valence-corrected chi connectivity index (χ3v) is 7.04. The molecule has 0 unspecified atom stereocenters. The second kappa shape index (κ2) is 7.90. The number of para-hydroxylation sites is 1. The molecule has 0 bridgehead atoms. The van der Waals surface area contributed by atoms with E-state index in [1.807, 2.05) is 48.8 Å². The van der Waals surface area contributed by atoms with Gasteiger partial charge in [0, 0.05) is 31.3 Å². The summed E-state index contributed by atoms with van der Waals surface area (Å²) in [5.74, 6) is 0. The van der Waals surface area contributed by atoms with Crippen LogP contribution in [0.2, 0.25) is 0 Å². The molecule has 0 aliphatic rings. The predicted octanol–water partition coefficient (Wildman–Crippen LogP) is 4.45. The van der Waals surface area contributed by atoms with Gasteiger partial charge in [-0.3, -0.25) is 9.97 Å². The van der Waals surface area contributed by atoms with Crippen LogP contribution in [0.15, 0.2) is 109 Å². The number of fused-ring (bicyclic) bond motifs is 1. The van der Waals surface area contributed by atoms with Crippen molar-refractivity contribution in [1.29, 1.82) is 0 Å². The van der Waals surface area contributed by atoms with Crippen molar-refractivity contribution in [2.45, 2.75) is 0 Å². The van der Waals surface area contributed by atoms with Crippen LogP contribution in [0, 0.1) is 0 Å². The molecule has 0 aliphatic carbocycles. The van der Waals surface area contributed by atoms with Crippen LogP contribution in [0.4, 0.5) is 0 Å². The van der Waals surface area contributed by atoms with Crippen LogP contribution >= 0.6 is 7.92 Å². The van der Waals surface area contributed by atoms with Gasteiger partial charge in [0.15, 0.2) is 0 Å². The van der Waals surface area contributed by atoms with E-state index in [1.54, 1.807) is 0 Å². The molecule has 5 rings (SSSR count). The Bertz CT molecular complexity index is 1200. The fourth-order valence-electron chi connectivity index (χ4n) is 3.36. The molecule has 0 amide bonds. The van der Waals surface area contributed by atoms with Crippen molar-refractivity contribution in [1.82, 2.24) is 15.0 Å². The molecule has 0 saturated carbocycles. The molecule has 2 aromatic carbocycles. The Morgan fingerprint density at radius 1 is 0.552 bits per heavy atom. The maximum Gasteiger partial charge on any atom is 0.0737 e. The van der Waals surface area contributed by atoms with E-state index in [2.05, 4.69) is 70.6 Å². The molecular formula is C25H18N3P. The largest absolute Gasteiger partial charge is 0.256 e. The van der Waals surface area contributed by atoms with Crippen molar-refractivity contribution in [3.63, 3.8) is 0 Å². The molecule has 29 heavy (non-hydrogen) atoms. The van der Waals surface area contributed by atoms with Crippen molar-refractivity contribution in [3.05, 3.63) is 109 Å². The Labute approximate surface area is 170 Å². The van der Waals surface area contributed by atoms with Crippen molar-refractivity contribution in [2.24, 2.45) is 0 Å². The summed E-state index contributed by atoms with van der Waals surface area (Å²) in [4.78, 5) is 14.1. The first kappa shape index (κ1) is 17.7. The maximum absolute atomic E-state index is 4.82. The van der Waals surface area contributed by atoms with E-state index in [9.17, 15) is 0 Å². The van der Waals surface area contributed by atoms with Gasteiger partial charge in [0.05, 0.1) is 22.1 Å². The highest BCUT2D eigenvalue weighted by Gasteiger charge is 2.18. The summed E-state index contributed by atoms with van der Waals surface area (Å²) < 4.78 is 0. The van der Waals surface area contributed by atoms with E-state index in [0.717, 1.165) is 33.0 Å². The first-order valence-corrected chi connectivity index (χ1v) is 10.8. The van der Waals surface area contributed by atoms with Crippen molar-refractivity contribution in [2.75, 3.05) is 0 Å². The smallest absolute Gasteiger partial charge is 0.0737 e. The van der Waals surface area contributed by atoms with Crippen molar-refractivity contribution in [3.8, 4) is 11.3 Å². The Morgan fingerprint density at radius 2 is 1.21 bits per heavy atom. The lowest BCUT2D eigenvalue weighted by Crippen LogP contribution is -2.24. The lowest BCUT2D eigenvalue weighted by Gasteiger charge is -2.17. The fraction of sp³-hybridized carbons (Fsp3) is 0. The quantitative estimate of drug-likeness (QED) is 0.425. The third kappa shape index (κ3) is 3.65. The average Bonchev–Trinajstić information content (AvgIpc) is 2.81. The van der Waals surface area contributed by atoms with Gasteiger partial charge >= 0.3 is 0 Å². The van der Waals surface area contributed by atoms with E-state index < -0.39 is 7.92 Å². The molecule has 5 aromatic rings. The normalized spacial score (nSPS) is 11.1. The van der Waals surface area contributed by atoms with Gasteiger partial charge in [0.25, 0.3) is 0 Å². The van der Waals surface area contributed by atoms with Crippen LogP contribution < -0.4 is 16.2 Å². The van der Waals surface area contributed by atoms with E-state index in [-0.39, 0.29) is 0 Å². The first-order chi connectivity index (χ1) is 14.4. The van der Waals surface area contributed by atoms with Gasteiger partial charge in [-0.2, -0.15) is 0 Å². The van der Waals surface area contributed by atoms with E-state index in [0.29, 0.717) is 0 Å². The van der Waals surface area contributed by atoms with Gasteiger partial charge in [0.1, 0.15) is 0 Å². The van der Waals surface area contributed by atoms with Gasteiger partial charge in [-0.05, 0) is 41.7 Å². The molecular weight excluding hydrogens is 373 g/mol. The minimum absolute atomic E-state index is 0.798. The lowest BCUT2D eigenvalue weighted by molar-refractivity contribution is 1.37. The third-order valence-electron chi connectivity index (χ3n) is 4.78. The monoisotopic (exact) mass is 391 g/mol. The zero-order valence-electron chi connectivity index (χ0n) is 15.7. The number of hydrogen-bond donors (Lipinski definition) is 0. The van der Waals surface area contributed by atoms with Crippen LogP contribution in [-0.2, 0) is 0 Å². The highest BCUT2D eigenvalue weighted by Crippen LogP contribution is 2.31. The topological polar surface area (TPSA) is 38.7 Å². The molecule has 0 spiro atoms. The zero-order valence-corrected chi connectivity index (χ0v) is 16.6. The number of rotatable bonds is 4. The summed E-state index contributed by atoms with van der Waals surface area (Å²) in [6.07, 6.45) is 3.70. The average molecular weight is 391 g/mol. The van der Waals surface area contributed by atoms with Gasteiger partial charge in [-0.25, -0.2) is 4.98 Å². The Hall–Kier alpha value is -3.42. The van der Waals surface area contributed by atoms with Gasteiger partial charge in [0.2, 0.25) is 0 Å². The molecule has 0 fully saturated rings. The number of hydrogen-bond acceptors (Lipinski definition) is 3. The number of benzene rings is 2. The minimum Gasteiger partial charge on any atom is -0.256 e. The molecule has 138 valence electrons. The van der Waals surface area contributed by atoms with Crippen LogP contribution in [0.1, 0.15) is 0 Å². The number of aromatic nitrogens is 3. The van der Waals surface area contributed by atoms with E-state index in [1.165, 1.54) is 5.30 Å². The summed E-state index contributed by atoms with van der Waals surface area (Å²) in [6.45, 7) is 0. The molecule has 0 saturated heterocycles. The molecule has 3 heterocycles. The molecule has 0 atom stereocenters. The molecule has 3 aromatic heterocycles. The van der Waals surface area contributed by atoms with Gasteiger partial charge < -0.3 is 0 Å². The van der Waals surface area contributed by atoms with Crippen molar-refractivity contribution < 1.29 is 0 Å². The van der Waals surface area contributed by atoms with Crippen LogP contribution in [0.3, 0.4) is 0 Å². The van der Waals surface area contributed by atoms with Gasteiger partial charge in [-0.15, -0.1) is 0 Å². The molecule has 0 aliphatic heterocycles. The summed E-state index contributed by atoms with van der Waals surface area (Å²) in [5.41, 5.74) is 5.21. The Balaban J connectivity index is 1.54. The number of pyridine rings is 3. The van der Waals surface area contributed by atoms with Crippen LogP contribution in [-0.4, -0.2) is 15.0 Å². The zero-order chi connectivity index (χ0) is 19.5. The van der Waals surface area contributed by atoms with E-state index in [4.69, 9.17) is 4.98 Å². The summed E-state index contributed by atoms with van der Waals surface area (Å²) in [7, 11) is -0.798. The first-order valence-electron chi connectivity index (χ1n) is 9.47. The number of nitrogens with zero attached hydrogens (tertiary/aromatic N) is 3. The standard InChI is InChI=1S/C25H18N3P/c1-2-8-22-19(7-1)13-16-23(28-22)20-11-14-21(15-12-20)29(24-9-3-5-17-26-24)25-10-4-6-18-27-25/h1-18H. The molecule has 0 radical (unpaired) electrons. The maximum atomic E-state index is 4.82.